The van der Waals surface area contributed by atoms with Gasteiger partial charge in [0.2, 0.25) is 6.41 Å². The molecule has 1 aliphatic heterocycles. The molecule has 0 radical (unpaired) electrons. The van der Waals surface area contributed by atoms with Crippen LogP contribution in [0, 0.1) is 0 Å². The van der Waals surface area contributed by atoms with E-state index in [1.165, 1.54) is 32.1 Å². The van der Waals surface area contributed by atoms with Crippen molar-refractivity contribution in [2.75, 3.05) is 32.8 Å². The van der Waals surface area contributed by atoms with E-state index >= 15 is 0 Å². The van der Waals surface area contributed by atoms with Crippen molar-refractivity contribution in [1.82, 2.24) is 10.2 Å². The van der Waals surface area contributed by atoms with Crippen LogP contribution in [0.5, 0.6) is 0 Å². The minimum Gasteiger partial charge on any atom is -0.379 e. The summed E-state index contributed by atoms with van der Waals surface area (Å²) in [5, 5.41) is 2.89. The second-order valence-electron chi connectivity index (χ2n) is 4.88. The van der Waals surface area contributed by atoms with Crippen LogP contribution >= 0.6 is 0 Å². The summed E-state index contributed by atoms with van der Waals surface area (Å²) in [6.07, 6.45) is 7.18. The minimum atomic E-state index is 0.211. The Hall–Kier alpha value is -0.610. The Labute approximate surface area is 97.3 Å². The fourth-order valence-corrected chi connectivity index (χ4v) is 3.08. The number of amides is 1. The fourth-order valence-electron chi connectivity index (χ4n) is 3.08. The zero-order valence-electron chi connectivity index (χ0n) is 9.91. The van der Waals surface area contributed by atoms with E-state index in [2.05, 4.69) is 10.2 Å². The Balaban J connectivity index is 2.01. The molecule has 2 fully saturated rings. The third-order valence-electron chi connectivity index (χ3n) is 3.98. The molecule has 16 heavy (non-hydrogen) atoms. The van der Waals surface area contributed by atoms with E-state index in [1.54, 1.807) is 0 Å². The van der Waals surface area contributed by atoms with E-state index in [1.807, 2.05) is 0 Å². The van der Waals surface area contributed by atoms with Gasteiger partial charge in [-0.2, -0.15) is 0 Å². The van der Waals surface area contributed by atoms with Crippen molar-refractivity contribution in [3.8, 4) is 0 Å². The third kappa shape index (κ3) is 2.55. The molecule has 0 aromatic heterocycles. The van der Waals surface area contributed by atoms with Crippen molar-refractivity contribution in [1.29, 1.82) is 0 Å². The number of carbonyl (C=O) groups excluding carboxylic acids is 1. The number of hydrogen-bond donors (Lipinski definition) is 1. The number of rotatable bonds is 4. The number of nitrogens with zero attached hydrogens (tertiary/aromatic N) is 1. The summed E-state index contributed by atoms with van der Waals surface area (Å²) in [5.41, 5.74) is 0.211. The van der Waals surface area contributed by atoms with E-state index in [0.29, 0.717) is 0 Å². The van der Waals surface area contributed by atoms with Crippen LogP contribution in [0.3, 0.4) is 0 Å². The monoisotopic (exact) mass is 226 g/mol. The highest BCUT2D eigenvalue weighted by Gasteiger charge is 2.38. The molecule has 1 amide bonds. The molecule has 0 unspecified atom stereocenters. The van der Waals surface area contributed by atoms with Crippen molar-refractivity contribution in [3.05, 3.63) is 0 Å². The lowest BCUT2D eigenvalue weighted by Crippen LogP contribution is -2.59. The Bertz CT molecular complexity index is 221. The molecule has 1 aliphatic carbocycles. The van der Waals surface area contributed by atoms with Crippen molar-refractivity contribution in [2.24, 2.45) is 0 Å². The summed E-state index contributed by atoms with van der Waals surface area (Å²) >= 11 is 0. The highest BCUT2D eigenvalue weighted by atomic mass is 16.5. The lowest BCUT2D eigenvalue weighted by Gasteiger charge is -2.48. The first-order valence-electron chi connectivity index (χ1n) is 6.37. The largest absolute Gasteiger partial charge is 0.379 e. The van der Waals surface area contributed by atoms with Crippen molar-refractivity contribution in [2.45, 2.75) is 37.6 Å². The predicted molar refractivity (Wildman–Crippen MR) is 62.3 cm³/mol. The normalized spacial score (nSPS) is 26.2. The SMILES string of the molecule is O=CNCC1(N2CCOCC2)CCCCC1. The van der Waals surface area contributed by atoms with Gasteiger partial charge in [0.25, 0.3) is 0 Å². The molecule has 0 atom stereocenters. The zero-order chi connectivity index (χ0) is 11.3. The van der Waals surface area contributed by atoms with E-state index in [4.69, 9.17) is 4.74 Å². The van der Waals surface area contributed by atoms with E-state index in [9.17, 15) is 4.79 Å². The first kappa shape index (κ1) is 11.9. The summed E-state index contributed by atoms with van der Waals surface area (Å²) in [7, 11) is 0. The van der Waals surface area contributed by atoms with Crippen LogP contribution in [0.15, 0.2) is 0 Å². The van der Waals surface area contributed by atoms with Gasteiger partial charge in [0.1, 0.15) is 0 Å². The summed E-state index contributed by atoms with van der Waals surface area (Å²) < 4.78 is 5.41. The molecular weight excluding hydrogens is 204 g/mol. The maximum absolute atomic E-state index is 10.5. The Kier molecular flexibility index (Phi) is 4.18. The molecule has 2 aliphatic rings. The molecule has 0 aromatic rings. The van der Waals surface area contributed by atoms with Gasteiger partial charge in [0.05, 0.1) is 13.2 Å². The molecular formula is C12H22N2O2. The molecule has 4 heteroatoms. The van der Waals surface area contributed by atoms with Crippen LogP contribution < -0.4 is 5.32 Å². The standard InChI is InChI=1S/C12H22N2O2/c15-11-13-10-12(4-2-1-3-5-12)14-6-8-16-9-7-14/h11H,1-10H2,(H,13,15). The van der Waals surface area contributed by atoms with E-state index in [-0.39, 0.29) is 5.54 Å². The first-order chi connectivity index (χ1) is 7.87. The van der Waals surface area contributed by atoms with Gasteiger partial charge in [-0.25, -0.2) is 0 Å². The molecule has 92 valence electrons. The highest BCUT2D eigenvalue weighted by molar-refractivity contribution is 5.46. The van der Waals surface area contributed by atoms with Crippen LogP contribution in [-0.4, -0.2) is 49.7 Å². The van der Waals surface area contributed by atoms with Gasteiger partial charge in [-0.15, -0.1) is 0 Å². The molecule has 1 heterocycles. The van der Waals surface area contributed by atoms with Gasteiger partial charge in [-0.1, -0.05) is 19.3 Å². The van der Waals surface area contributed by atoms with Gasteiger partial charge >= 0.3 is 0 Å². The Morgan fingerprint density at radius 1 is 1.19 bits per heavy atom. The molecule has 0 aromatic carbocycles. The molecule has 4 nitrogen and oxygen atoms in total. The summed E-state index contributed by atoms with van der Waals surface area (Å²) in [5.74, 6) is 0. The quantitative estimate of drug-likeness (QED) is 0.720. The van der Waals surface area contributed by atoms with Crippen LogP contribution in [0.2, 0.25) is 0 Å². The zero-order valence-corrected chi connectivity index (χ0v) is 9.91. The summed E-state index contributed by atoms with van der Waals surface area (Å²) in [6, 6.07) is 0. The average Bonchev–Trinajstić information content (AvgIpc) is 2.38. The van der Waals surface area contributed by atoms with Crippen molar-refractivity contribution >= 4 is 6.41 Å². The lowest BCUT2D eigenvalue weighted by molar-refractivity contribution is -0.110. The van der Waals surface area contributed by atoms with Crippen molar-refractivity contribution in [3.63, 3.8) is 0 Å². The number of carbonyl (C=O) groups is 1. The maximum atomic E-state index is 10.5. The Morgan fingerprint density at radius 3 is 2.50 bits per heavy atom. The average molecular weight is 226 g/mol. The second kappa shape index (κ2) is 5.64. The molecule has 2 rings (SSSR count). The topological polar surface area (TPSA) is 41.6 Å². The van der Waals surface area contributed by atoms with Crippen LogP contribution in [0.25, 0.3) is 0 Å². The summed E-state index contributed by atoms with van der Waals surface area (Å²) in [6.45, 7) is 4.50. The third-order valence-corrected chi connectivity index (χ3v) is 3.98. The van der Waals surface area contributed by atoms with Gasteiger partial charge in [-0.3, -0.25) is 9.69 Å². The molecule has 1 saturated carbocycles. The predicted octanol–water partition coefficient (Wildman–Crippen LogP) is 0.767. The lowest BCUT2D eigenvalue weighted by atomic mass is 9.80. The maximum Gasteiger partial charge on any atom is 0.207 e. The van der Waals surface area contributed by atoms with Crippen molar-refractivity contribution < 1.29 is 9.53 Å². The van der Waals surface area contributed by atoms with E-state index < -0.39 is 0 Å². The minimum absolute atomic E-state index is 0.211. The molecule has 0 bridgehead atoms. The highest BCUT2D eigenvalue weighted by Crippen LogP contribution is 2.33. The number of hydrogen-bond acceptors (Lipinski definition) is 3. The van der Waals surface area contributed by atoms with Gasteiger partial charge < -0.3 is 10.1 Å². The fraction of sp³-hybridized carbons (Fsp3) is 0.917. The van der Waals surface area contributed by atoms with Crippen LogP contribution in [-0.2, 0) is 9.53 Å². The number of nitrogens with one attached hydrogen (secondary N) is 1. The van der Waals surface area contributed by atoms with Gasteiger partial charge in [0.15, 0.2) is 0 Å². The number of ether oxygens (including phenoxy) is 1. The molecule has 1 saturated heterocycles. The van der Waals surface area contributed by atoms with E-state index in [0.717, 1.165) is 39.3 Å². The summed E-state index contributed by atoms with van der Waals surface area (Å²) in [4.78, 5) is 13.1. The van der Waals surface area contributed by atoms with Gasteiger partial charge in [0, 0.05) is 25.2 Å². The smallest absolute Gasteiger partial charge is 0.207 e. The second-order valence-corrected chi connectivity index (χ2v) is 4.88. The molecule has 0 spiro atoms. The Morgan fingerprint density at radius 2 is 1.88 bits per heavy atom. The molecule has 1 N–H and O–H groups in total. The number of morpholine rings is 1. The van der Waals surface area contributed by atoms with Crippen LogP contribution in [0.1, 0.15) is 32.1 Å². The van der Waals surface area contributed by atoms with Gasteiger partial charge in [-0.05, 0) is 12.8 Å². The van der Waals surface area contributed by atoms with Crippen LogP contribution in [0.4, 0.5) is 0 Å². The first-order valence-corrected chi connectivity index (χ1v) is 6.37.